The monoisotopic (exact) mass is 431 g/mol. The van der Waals surface area contributed by atoms with Crippen LogP contribution in [-0.2, 0) is 0 Å². The van der Waals surface area contributed by atoms with Crippen LogP contribution in [0.1, 0.15) is 11.1 Å². The van der Waals surface area contributed by atoms with Crippen LogP contribution < -0.4 is 4.74 Å². The summed E-state index contributed by atoms with van der Waals surface area (Å²) in [5.74, 6) is 1.97. The zero-order chi connectivity index (χ0) is 21.6. The van der Waals surface area contributed by atoms with Crippen LogP contribution in [-0.4, -0.2) is 38.3 Å². The van der Waals surface area contributed by atoms with Gasteiger partial charge in [-0.2, -0.15) is 0 Å². The predicted molar refractivity (Wildman–Crippen MR) is 125 cm³/mol. The Morgan fingerprint density at radius 3 is 2.32 bits per heavy atom. The van der Waals surface area contributed by atoms with Gasteiger partial charge in [-0.25, -0.2) is 0 Å². The molecule has 0 spiro atoms. The van der Waals surface area contributed by atoms with Crippen LogP contribution in [0, 0.1) is 13.8 Å². The molecule has 1 heterocycles. The molecule has 1 aromatic heterocycles. The Hall–Kier alpha value is -3.09. The Bertz CT molecular complexity index is 1130. The maximum atomic E-state index is 10.4. The molecule has 1 atom stereocenters. The first-order valence-electron chi connectivity index (χ1n) is 10.2. The van der Waals surface area contributed by atoms with Crippen LogP contribution in [0.4, 0.5) is 0 Å². The van der Waals surface area contributed by atoms with Gasteiger partial charge in [0.2, 0.25) is 0 Å². The molecule has 0 aliphatic rings. The van der Waals surface area contributed by atoms with Crippen LogP contribution in [0.15, 0.2) is 84.0 Å². The summed E-state index contributed by atoms with van der Waals surface area (Å²) < 4.78 is 7.72. The Kier molecular flexibility index (Phi) is 6.70. The molecule has 0 radical (unpaired) electrons. The highest BCUT2D eigenvalue weighted by molar-refractivity contribution is 7.99. The number of hydrogen-bond acceptors (Lipinski definition) is 5. The minimum absolute atomic E-state index is 0.223. The maximum Gasteiger partial charge on any atom is 0.196 e. The second-order valence-corrected chi connectivity index (χ2v) is 8.35. The molecule has 0 saturated heterocycles. The molecule has 0 fully saturated rings. The molecule has 5 nitrogen and oxygen atoms in total. The molecule has 0 amide bonds. The summed E-state index contributed by atoms with van der Waals surface area (Å²) in [6, 6.07) is 25.9. The van der Waals surface area contributed by atoms with Crippen molar-refractivity contribution in [2.45, 2.75) is 25.1 Å². The smallest absolute Gasteiger partial charge is 0.196 e. The lowest BCUT2D eigenvalue weighted by atomic mass is 10.1. The number of thioether (sulfide) groups is 1. The van der Waals surface area contributed by atoms with E-state index < -0.39 is 6.10 Å². The summed E-state index contributed by atoms with van der Waals surface area (Å²) >= 11 is 1.47. The standard InChI is InChI=1S/C25H25N3O2S/c1-18-13-14-21(15-19(18)2)28-24(20-9-5-3-6-10-20)26-27-25(28)31-17-22(29)16-30-23-11-7-4-8-12-23/h3-15,22,29H,16-17H2,1-2H3. The third-order valence-corrected chi connectivity index (χ3v) is 6.08. The Morgan fingerprint density at radius 1 is 0.903 bits per heavy atom. The van der Waals surface area contributed by atoms with E-state index in [1.807, 2.05) is 60.7 Å². The third-order valence-electron chi connectivity index (χ3n) is 5.00. The Labute approximate surface area is 186 Å². The summed E-state index contributed by atoms with van der Waals surface area (Å²) in [7, 11) is 0. The minimum atomic E-state index is -0.629. The number of nitrogens with zero attached hydrogens (tertiary/aromatic N) is 3. The number of aliphatic hydroxyl groups is 1. The summed E-state index contributed by atoms with van der Waals surface area (Å²) in [4.78, 5) is 0. The molecular weight excluding hydrogens is 406 g/mol. The van der Waals surface area contributed by atoms with E-state index in [0.717, 1.165) is 28.0 Å². The van der Waals surface area contributed by atoms with Gasteiger partial charge in [-0.3, -0.25) is 4.57 Å². The fraction of sp³-hybridized carbons (Fsp3) is 0.200. The molecule has 4 aromatic rings. The first-order chi connectivity index (χ1) is 15.1. The van der Waals surface area contributed by atoms with E-state index in [4.69, 9.17) is 4.74 Å². The maximum absolute atomic E-state index is 10.4. The minimum Gasteiger partial charge on any atom is -0.491 e. The SMILES string of the molecule is Cc1ccc(-n2c(SCC(O)COc3ccccc3)nnc2-c2ccccc2)cc1C. The number of hydrogen-bond donors (Lipinski definition) is 1. The summed E-state index contributed by atoms with van der Waals surface area (Å²) in [5, 5.41) is 20.1. The van der Waals surface area contributed by atoms with Crippen LogP contribution in [0.5, 0.6) is 5.75 Å². The topological polar surface area (TPSA) is 60.2 Å². The molecular formula is C25H25N3O2S. The van der Waals surface area contributed by atoms with Crippen molar-refractivity contribution < 1.29 is 9.84 Å². The van der Waals surface area contributed by atoms with Crippen molar-refractivity contribution in [1.29, 1.82) is 0 Å². The van der Waals surface area contributed by atoms with Gasteiger partial charge in [-0.05, 0) is 49.2 Å². The molecule has 1 unspecified atom stereocenters. The molecule has 0 saturated carbocycles. The Morgan fingerprint density at radius 2 is 1.61 bits per heavy atom. The van der Waals surface area contributed by atoms with Gasteiger partial charge in [0.15, 0.2) is 11.0 Å². The summed E-state index contributed by atoms with van der Waals surface area (Å²) in [6.45, 7) is 4.42. The largest absolute Gasteiger partial charge is 0.491 e. The van der Waals surface area contributed by atoms with E-state index in [0.29, 0.717) is 5.75 Å². The van der Waals surface area contributed by atoms with Crippen molar-refractivity contribution in [1.82, 2.24) is 14.8 Å². The molecule has 1 N–H and O–H groups in total. The van der Waals surface area contributed by atoms with Crippen LogP contribution in [0.25, 0.3) is 17.1 Å². The molecule has 3 aromatic carbocycles. The molecule has 6 heteroatoms. The summed E-state index contributed by atoms with van der Waals surface area (Å²) in [5.41, 5.74) is 4.44. The van der Waals surface area contributed by atoms with Gasteiger partial charge in [0.1, 0.15) is 12.4 Å². The number of rotatable bonds is 8. The highest BCUT2D eigenvalue weighted by Gasteiger charge is 2.18. The van der Waals surface area contributed by atoms with Gasteiger partial charge in [0.05, 0.1) is 11.8 Å². The highest BCUT2D eigenvalue weighted by Crippen LogP contribution is 2.29. The Balaban J connectivity index is 1.55. The van der Waals surface area contributed by atoms with E-state index in [9.17, 15) is 5.11 Å². The zero-order valence-corrected chi connectivity index (χ0v) is 18.4. The molecule has 158 valence electrons. The van der Waals surface area contributed by atoms with Crippen LogP contribution >= 0.6 is 11.8 Å². The van der Waals surface area contributed by atoms with Gasteiger partial charge >= 0.3 is 0 Å². The van der Waals surface area contributed by atoms with Crippen molar-refractivity contribution in [3.8, 4) is 22.8 Å². The highest BCUT2D eigenvalue weighted by atomic mass is 32.2. The number of aliphatic hydroxyl groups excluding tert-OH is 1. The first-order valence-corrected chi connectivity index (χ1v) is 11.2. The third kappa shape index (κ3) is 5.16. The van der Waals surface area contributed by atoms with E-state index >= 15 is 0 Å². The fourth-order valence-electron chi connectivity index (χ4n) is 3.16. The fourth-order valence-corrected chi connectivity index (χ4v) is 4.02. The predicted octanol–water partition coefficient (Wildman–Crippen LogP) is 5.08. The second-order valence-electron chi connectivity index (χ2n) is 7.37. The average Bonchev–Trinajstić information content (AvgIpc) is 3.23. The molecule has 4 rings (SSSR count). The molecule has 0 aliphatic heterocycles. The van der Waals surface area contributed by atoms with Crippen molar-refractivity contribution in [2.24, 2.45) is 0 Å². The van der Waals surface area contributed by atoms with Crippen LogP contribution in [0.3, 0.4) is 0 Å². The second kappa shape index (κ2) is 9.81. The number of benzene rings is 3. The van der Waals surface area contributed by atoms with E-state index in [2.05, 4.69) is 46.8 Å². The van der Waals surface area contributed by atoms with Crippen molar-refractivity contribution >= 4 is 11.8 Å². The van der Waals surface area contributed by atoms with Crippen molar-refractivity contribution in [2.75, 3.05) is 12.4 Å². The van der Waals surface area contributed by atoms with E-state index in [1.165, 1.54) is 22.9 Å². The lowest BCUT2D eigenvalue weighted by Crippen LogP contribution is -2.20. The molecule has 0 aliphatic carbocycles. The van der Waals surface area contributed by atoms with Crippen molar-refractivity contribution in [3.63, 3.8) is 0 Å². The lowest BCUT2D eigenvalue weighted by molar-refractivity contribution is 0.126. The molecule has 0 bridgehead atoms. The number of para-hydroxylation sites is 1. The van der Waals surface area contributed by atoms with E-state index in [1.54, 1.807) is 0 Å². The van der Waals surface area contributed by atoms with Gasteiger partial charge < -0.3 is 9.84 Å². The van der Waals surface area contributed by atoms with Crippen molar-refractivity contribution in [3.05, 3.63) is 90.0 Å². The molecule has 31 heavy (non-hydrogen) atoms. The zero-order valence-electron chi connectivity index (χ0n) is 17.6. The first kappa shape index (κ1) is 21.2. The van der Waals surface area contributed by atoms with E-state index in [-0.39, 0.29) is 6.61 Å². The van der Waals surface area contributed by atoms with Gasteiger partial charge in [-0.15, -0.1) is 10.2 Å². The van der Waals surface area contributed by atoms with Gasteiger partial charge in [0.25, 0.3) is 0 Å². The number of ether oxygens (including phenoxy) is 1. The number of aryl methyl sites for hydroxylation is 2. The number of aromatic nitrogens is 3. The quantitative estimate of drug-likeness (QED) is 0.394. The van der Waals surface area contributed by atoms with Gasteiger partial charge in [0, 0.05) is 11.3 Å². The lowest BCUT2D eigenvalue weighted by Gasteiger charge is -2.14. The van der Waals surface area contributed by atoms with Crippen LogP contribution in [0.2, 0.25) is 0 Å². The van der Waals surface area contributed by atoms with Gasteiger partial charge in [-0.1, -0.05) is 66.4 Å². The average molecular weight is 432 g/mol. The summed E-state index contributed by atoms with van der Waals surface area (Å²) in [6.07, 6.45) is -0.629. The normalized spacial score (nSPS) is 12.0.